The molecule has 0 saturated heterocycles. The van der Waals surface area contributed by atoms with Gasteiger partial charge in [-0.3, -0.25) is 9.59 Å². The summed E-state index contributed by atoms with van der Waals surface area (Å²) in [6.07, 6.45) is -1.38. The predicted molar refractivity (Wildman–Crippen MR) is 98.6 cm³/mol. The summed E-state index contributed by atoms with van der Waals surface area (Å²) in [6, 6.07) is 12.3. The first kappa shape index (κ1) is 19.7. The second-order valence-electron chi connectivity index (χ2n) is 4.88. The van der Waals surface area contributed by atoms with E-state index in [2.05, 4.69) is 5.32 Å². The Hall–Kier alpha value is -1.66. The summed E-state index contributed by atoms with van der Waals surface area (Å²) in [6.45, 7) is 0. The summed E-state index contributed by atoms with van der Waals surface area (Å²) >= 11 is 23.5. The van der Waals surface area contributed by atoms with Crippen LogP contribution in [0.25, 0.3) is 0 Å². The van der Waals surface area contributed by atoms with E-state index in [0.717, 1.165) is 0 Å². The maximum absolute atomic E-state index is 12.3. The lowest BCUT2D eigenvalue weighted by Gasteiger charge is -2.27. The highest BCUT2D eigenvalue weighted by molar-refractivity contribution is 6.68. The number of alkyl halides is 3. The molecule has 0 aliphatic heterocycles. The molecule has 0 radical (unpaired) electrons. The molecule has 1 atom stereocenters. The molecule has 0 bridgehead atoms. The average Bonchev–Trinajstić information content (AvgIpc) is 2.53. The van der Waals surface area contributed by atoms with E-state index in [1.54, 1.807) is 24.3 Å². The van der Waals surface area contributed by atoms with E-state index >= 15 is 0 Å². The fourth-order valence-electron chi connectivity index (χ4n) is 1.91. The van der Waals surface area contributed by atoms with E-state index in [4.69, 9.17) is 56.9 Å². The third-order valence-corrected chi connectivity index (χ3v) is 3.87. The highest BCUT2D eigenvalue weighted by atomic mass is 35.6. The van der Waals surface area contributed by atoms with E-state index in [1.807, 2.05) is 0 Å². The molecule has 25 heavy (non-hydrogen) atoms. The lowest BCUT2D eigenvalue weighted by molar-refractivity contribution is 0.0830. The predicted octanol–water partition coefficient (Wildman–Crippen LogP) is 3.94. The molecule has 132 valence electrons. The summed E-state index contributed by atoms with van der Waals surface area (Å²) in [5.74, 6) is -1.23. The van der Waals surface area contributed by atoms with E-state index in [-0.39, 0.29) is 16.9 Å². The second kappa shape index (κ2) is 8.15. The number of amides is 2. The average molecular weight is 422 g/mol. The highest BCUT2D eigenvalue weighted by Gasteiger charge is 2.37. The van der Waals surface area contributed by atoms with Crippen LogP contribution >= 0.6 is 46.4 Å². The van der Waals surface area contributed by atoms with Gasteiger partial charge in [0.1, 0.15) is 5.75 Å². The first-order valence-corrected chi connectivity index (χ1v) is 8.38. The number of para-hydroxylation sites is 1. The number of primary amides is 1. The summed E-state index contributed by atoms with van der Waals surface area (Å²) in [5, 5.41) is 2.82. The summed E-state index contributed by atoms with van der Waals surface area (Å²) < 4.78 is 3.52. The number of hydrogen-bond donors (Lipinski definition) is 2. The molecule has 0 heterocycles. The van der Waals surface area contributed by atoms with E-state index in [1.165, 1.54) is 24.3 Å². The van der Waals surface area contributed by atoms with Gasteiger partial charge in [0.15, 0.2) is 0 Å². The molecule has 2 amide bonds. The number of carbonyl (C=O) groups excluding carboxylic acids is 2. The van der Waals surface area contributed by atoms with Crippen molar-refractivity contribution in [2.75, 3.05) is 0 Å². The Labute approximate surface area is 163 Å². The molecule has 1 unspecified atom stereocenters. The molecule has 0 spiro atoms. The van der Waals surface area contributed by atoms with Crippen LogP contribution in [0.4, 0.5) is 0 Å². The van der Waals surface area contributed by atoms with Crippen LogP contribution in [0.5, 0.6) is 5.75 Å². The number of rotatable bonds is 5. The van der Waals surface area contributed by atoms with Crippen molar-refractivity contribution in [1.82, 2.24) is 5.32 Å². The van der Waals surface area contributed by atoms with Crippen LogP contribution in [0, 0.1) is 0 Å². The molecule has 2 aromatic carbocycles. The third-order valence-electron chi connectivity index (χ3n) is 3.04. The van der Waals surface area contributed by atoms with Crippen LogP contribution in [-0.2, 0) is 0 Å². The van der Waals surface area contributed by atoms with Crippen molar-refractivity contribution < 1.29 is 14.3 Å². The standard InChI is InChI=1S/C16H12Cl4N2O3/c17-10-5-3-4-9(8-10)14(24)22-15(16(18,19)20)25-12-7-2-1-6-11(12)13(21)23/h1-8,15H,(H2,21,23)(H,22,24). The van der Waals surface area contributed by atoms with Crippen molar-refractivity contribution in [1.29, 1.82) is 0 Å². The number of halogens is 4. The first-order valence-electron chi connectivity index (χ1n) is 6.87. The fraction of sp³-hybridized carbons (Fsp3) is 0.125. The van der Waals surface area contributed by atoms with Gasteiger partial charge in [0.05, 0.1) is 5.56 Å². The van der Waals surface area contributed by atoms with Gasteiger partial charge in [-0.05, 0) is 30.3 Å². The largest absolute Gasteiger partial charge is 0.465 e. The Morgan fingerprint density at radius 3 is 2.36 bits per heavy atom. The topological polar surface area (TPSA) is 81.4 Å². The SMILES string of the molecule is NC(=O)c1ccccc1OC(NC(=O)c1cccc(Cl)c1)C(Cl)(Cl)Cl. The van der Waals surface area contributed by atoms with Gasteiger partial charge < -0.3 is 15.8 Å². The first-order chi connectivity index (χ1) is 11.7. The smallest absolute Gasteiger partial charge is 0.254 e. The quantitative estimate of drug-likeness (QED) is 0.566. The minimum atomic E-state index is -2.01. The van der Waals surface area contributed by atoms with Gasteiger partial charge >= 0.3 is 0 Å². The normalized spacial score (nSPS) is 12.3. The molecule has 0 saturated carbocycles. The lowest BCUT2D eigenvalue weighted by atomic mass is 10.2. The fourth-order valence-corrected chi connectivity index (χ4v) is 2.40. The number of carbonyl (C=O) groups is 2. The maximum Gasteiger partial charge on any atom is 0.254 e. The van der Waals surface area contributed by atoms with Gasteiger partial charge in [0.2, 0.25) is 10.0 Å². The van der Waals surface area contributed by atoms with Gasteiger partial charge in [-0.2, -0.15) is 0 Å². The minimum absolute atomic E-state index is 0.0673. The van der Waals surface area contributed by atoms with Gasteiger partial charge in [-0.1, -0.05) is 64.6 Å². The van der Waals surface area contributed by atoms with Gasteiger partial charge in [-0.15, -0.1) is 0 Å². The van der Waals surface area contributed by atoms with E-state index in [9.17, 15) is 9.59 Å². The van der Waals surface area contributed by atoms with Crippen LogP contribution < -0.4 is 15.8 Å². The molecule has 0 aromatic heterocycles. The van der Waals surface area contributed by atoms with Gasteiger partial charge in [-0.25, -0.2) is 0 Å². The van der Waals surface area contributed by atoms with E-state index < -0.39 is 21.8 Å². The Bertz CT molecular complexity index is 793. The lowest BCUT2D eigenvalue weighted by Crippen LogP contribution is -2.48. The second-order valence-corrected chi connectivity index (χ2v) is 7.69. The molecule has 3 N–H and O–H groups in total. The van der Waals surface area contributed by atoms with Crippen LogP contribution in [0.1, 0.15) is 20.7 Å². The molecule has 0 aliphatic rings. The molecule has 2 aromatic rings. The molecule has 0 aliphatic carbocycles. The van der Waals surface area contributed by atoms with Crippen molar-refractivity contribution in [2.45, 2.75) is 10.0 Å². The molecule has 9 heteroatoms. The van der Waals surface area contributed by atoms with Crippen LogP contribution in [-0.4, -0.2) is 21.8 Å². The molecular formula is C16H12Cl4N2O3. The number of nitrogens with two attached hydrogens (primary N) is 1. The summed E-state index contributed by atoms with van der Waals surface area (Å²) in [7, 11) is 0. The Morgan fingerprint density at radius 1 is 1.08 bits per heavy atom. The zero-order valence-corrected chi connectivity index (χ0v) is 15.5. The number of ether oxygens (including phenoxy) is 1. The Balaban J connectivity index is 2.26. The van der Waals surface area contributed by atoms with Crippen molar-refractivity contribution in [2.24, 2.45) is 5.73 Å². The van der Waals surface area contributed by atoms with Gasteiger partial charge in [0.25, 0.3) is 11.8 Å². The minimum Gasteiger partial charge on any atom is -0.465 e. The van der Waals surface area contributed by atoms with Crippen molar-refractivity contribution in [3.8, 4) is 5.75 Å². The number of nitrogens with one attached hydrogen (secondary N) is 1. The number of benzene rings is 2. The zero-order valence-electron chi connectivity index (χ0n) is 12.5. The van der Waals surface area contributed by atoms with Crippen molar-refractivity contribution in [3.63, 3.8) is 0 Å². The number of hydrogen-bond acceptors (Lipinski definition) is 3. The van der Waals surface area contributed by atoms with Crippen molar-refractivity contribution >= 4 is 58.2 Å². The Morgan fingerprint density at radius 2 is 1.76 bits per heavy atom. The van der Waals surface area contributed by atoms with Crippen LogP contribution in [0.2, 0.25) is 5.02 Å². The molecule has 0 fully saturated rings. The monoisotopic (exact) mass is 420 g/mol. The van der Waals surface area contributed by atoms with Crippen molar-refractivity contribution in [3.05, 3.63) is 64.7 Å². The zero-order chi connectivity index (χ0) is 18.6. The molecule has 2 rings (SSSR count). The van der Waals surface area contributed by atoms with Gasteiger partial charge in [0, 0.05) is 10.6 Å². The van der Waals surface area contributed by atoms with Crippen LogP contribution in [0.3, 0.4) is 0 Å². The molecule has 5 nitrogen and oxygen atoms in total. The third kappa shape index (κ3) is 5.41. The van der Waals surface area contributed by atoms with E-state index in [0.29, 0.717) is 5.02 Å². The summed E-state index contributed by atoms with van der Waals surface area (Å²) in [5.41, 5.74) is 5.62. The molecular weight excluding hydrogens is 410 g/mol. The van der Waals surface area contributed by atoms with Crippen LogP contribution in [0.15, 0.2) is 48.5 Å². The maximum atomic E-state index is 12.3. The Kier molecular flexibility index (Phi) is 6.41. The highest BCUT2D eigenvalue weighted by Crippen LogP contribution is 2.33. The summed E-state index contributed by atoms with van der Waals surface area (Å²) in [4.78, 5) is 23.8.